The Morgan fingerprint density at radius 1 is 1.25 bits per heavy atom. The predicted octanol–water partition coefficient (Wildman–Crippen LogP) is 1.28. The van der Waals surface area contributed by atoms with Crippen molar-refractivity contribution in [2.24, 2.45) is 11.8 Å². The Bertz CT molecular complexity index is 479. The summed E-state index contributed by atoms with van der Waals surface area (Å²) < 4.78 is 0. The van der Waals surface area contributed by atoms with E-state index in [1.165, 1.54) is 25.7 Å². The fourth-order valence-corrected chi connectivity index (χ4v) is 5.36. The van der Waals surface area contributed by atoms with Gasteiger partial charge in [0.25, 0.3) is 5.91 Å². The van der Waals surface area contributed by atoms with Crippen molar-refractivity contribution >= 4 is 17.2 Å². The summed E-state index contributed by atoms with van der Waals surface area (Å²) in [6.45, 7) is 4.20. The van der Waals surface area contributed by atoms with Crippen molar-refractivity contribution in [3.05, 3.63) is 22.4 Å². The highest BCUT2D eigenvalue weighted by Gasteiger charge is 2.45. The number of hydrogen-bond donors (Lipinski definition) is 1. The molecule has 3 fully saturated rings. The maximum atomic E-state index is 12.3. The molecule has 0 aromatic carbocycles. The van der Waals surface area contributed by atoms with Gasteiger partial charge in [-0.3, -0.25) is 4.79 Å². The Hall–Kier alpha value is -0.870. The second-order valence-electron chi connectivity index (χ2n) is 6.71. The van der Waals surface area contributed by atoms with Gasteiger partial charge in [0.05, 0.1) is 37.1 Å². The molecule has 1 aromatic rings. The average Bonchev–Trinajstić information content (AvgIpc) is 3.23. The fraction of sp³-hybridized carbons (Fsp3) is 0.688. The normalized spacial score (nSPS) is 33.8. The van der Waals surface area contributed by atoms with Crippen LogP contribution in [0.15, 0.2) is 17.5 Å². The van der Waals surface area contributed by atoms with Crippen LogP contribution < -0.4 is 4.90 Å². The summed E-state index contributed by atoms with van der Waals surface area (Å²) in [4.78, 5) is 17.1. The van der Waals surface area contributed by atoms with Gasteiger partial charge in [0.2, 0.25) is 0 Å². The lowest BCUT2D eigenvalue weighted by atomic mass is 9.93. The third-order valence-electron chi connectivity index (χ3n) is 5.69. The molecule has 3 aliphatic rings. The van der Waals surface area contributed by atoms with Crippen molar-refractivity contribution in [1.29, 1.82) is 0 Å². The van der Waals surface area contributed by atoms with Crippen LogP contribution in [0, 0.1) is 11.8 Å². The van der Waals surface area contributed by atoms with E-state index in [1.54, 1.807) is 16.2 Å². The molecule has 0 unspecified atom stereocenters. The van der Waals surface area contributed by atoms with Gasteiger partial charge in [-0.2, -0.15) is 0 Å². The number of carbonyl (C=O) groups excluding carboxylic acids is 1. The zero-order chi connectivity index (χ0) is 13.5. The molecule has 0 spiro atoms. The molecular formula is C16H23N2OS+. The van der Waals surface area contributed by atoms with Gasteiger partial charge >= 0.3 is 0 Å². The Morgan fingerprint density at radius 3 is 2.70 bits per heavy atom. The summed E-state index contributed by atoms with van der Waals surface area (Å²) >= 11 is 1.56. The molecule has 3 atom stereocenters. The van der Waals surface area contributed by atoms with E-state index in [1.807, 2.05) is 17.5 Å². The van der Waals surface area contributed by atoms with Crippen molar-refractivity contribution in [3.8, 4) is 0 Å². The van der Waals surface area contributed by atoms with E-state index in [2.05, 4.69) is 4.90 Å². The molecule has 1 aromatic heterocycles. The maximum absolute atomic E-state index is 12.3. The van der Waals surface area contributed by atoms with Crippen LogP contribution >= 0.6 is 11.3 Å². The van der Waals surface area contributed by atoms with E-state index in [0.717, 1.165) is 48.9 Å². The number of hydrogen-bond acceptors (Lipinski definition) is 2. The minimum atomic E-state index is 0.243. The van der Waals surface area contributed by atoms with Crippen LogP contribution in [0.5, 0.6) is 0 Å². The Balaban J connectivity index is 1.35. The molecule has 2 bridgehead atoms. The van der Waals surface area contributed by atoms with Crippen molar-refractivity contribution in [1.82, 2.24) is 4.90 Å². The second kappa shape index (κ2) is 5.15. The molecule has 2 aliphatic carbocycles. The van der Waals surface area contributed by atoms with E-state index in [4.69, 9.17) is 0 Å². The topological polar surface area (TPSA) is 24.8 Å². The minimum absolute atomic E-state index is 0.243. The molecule has 4 rings (SSSR count). The number of nitrogens with one attached hydrogen (secondary N) is 1. The summed E-state index contributed by atoms with van der Waals surface area (Å²) in [5.74, 6) is 2.27. The SMILES string of the molecule is O=C(c1cccs1)N1CC[NH+]([C@H]2C[C@H]3CC[C@@H]2C3)CC1. The van der Waals surface area contributed by atoms with Crippen LogP contribution in [-0.2, 0) is 0 Å². The second-order valence-corrected chi connectivity index (χ2v) is 7.66. The molecule has 108 valence electrons. The van der Waals surface area contributed by atoms with E-state index in [9.17, 15) is 4.79 Å². The highest BCUT2D eigenvalue weighted by molar-refractivity contribution is 7.12. The van der Waals surface area contributed by atoms with E-state index in [-0.39, 0.29) is 5.91 Å². The van der Waals surface area contributed by atoms with E-state index in [0.29, 0.717) is 0 Å². The van der Waals surface area contributed by atoms with Crippen molar-refractivity contribution in [2.75, 3.05) is 26.2 Å². The van der Waals surface area contributed by atoms with Crippen LogP contribution in [0.1, 0.15) is 35.4 Å². The summed E-state index contributed by atoms with van der Waals surface area (Å²) in [5.41, 5.74) is 0. The van der Waals surface area contributed by atoms with E-state index >= 15 is 0 Å². The number of thiophene rings is 1. The molecule has 2 saturated carbocycles. The molecule has 1 saturated heterocycles. The molecule has 4 heteroatoms. The zero-order valence-electron chi connectivity index (χ0n) is 11.9. The van der Waals surface area contributed by atoms with Gasteiger partial charge in [-0.05, 0) is 36.6 Å². The van der Waals surface area contributed by atoms with Crippen LogP contribution in [0.4, 0.5) is 0 Å². The van der Waals surface area contributed by atoms with Crippen LogP contribution in [0.2, 0.25) is 0 Å². The number of rotatable bonds is 2. The molecule has 1 aliphatic heterocycles. The predicted molar refractivity (Wildman–Crippen MR) is 80.2 cm³/mol. The highest BCUT2D eigenvalue weighted by Crippen LogP contribution is 2.43. The van der Waals surface area contributed by atoms with Gasteiger partial charge in [-0.15, -0.1) is 11.3 Å². The quantitative estimate of drug-likeness (QED) is 0.872. The fourth-order valence-electron chi connectivity index (χ4n) is 4.67. The summed E-state index contributed by atoms with van der Waals surface area (Å²) in [5, 5.41) is 1.99. The highest BCUT2D eigenvalue weighted by atomic mass is 32.1. The van der Waals surface area contributed by atoms with Crippen LogP contribution in [-0.4, -0.2) is 43.0 Å². The van der Waals surface area contributed by atoms with Gasteiger partial charge in [-0.1, -0.05) is 6.07 Å². The molecule has 3 nitrogen and oxygen atoms in total. The van der Waals surface area contributed by atoms with Crippen molar-refractivity contribution < 1.29 is 9.69 Å². The Kier molecular flexibility index (Phi) is 3.31. The molecule has 1 N–H and O–H groups in total. The number of carbonyl (C=O) groups is 1. The lowest BCUT2D eigenvalue weighted by molar-refractivity contribution is -0.932. The number of amides is 1. The molecule has 2 heterocycles. The van der Waals surface area contributed by atoms with Crippen molar-refractivity contribution in [3.63, 3.8) is 0 Å². The number of nitrogens with zero attached hydrogens (tertiary/aromatic N) is 1. The molecular weight excluding hydrogens is 268 g/mol. The zero-order valence-corrected chi connectivity index (χ0v) is 12.7. The van der Waals surface area contributed by atoms with Gasteiger partial charge in [-0.25, -0.2) is 0 Å². The number of piperazine rings is 1. The molecule has 1 amide bonds. The summed E-state index contributed by atoms with van der Waals surface area (Å²) in [6, 6.07) is 4.82. The first-order chi connectivity index (χ1) is 9.81. The molecule has 0 radical (unpaired) electrons. The van der Waals surface area contributed by atoms with Crippen LogP contribution in [0.25, 0.3) is 0 Å². The first-order valence-electron chi connectivity index (χ1n) is 7.98. The number of fused-ring (bicyclic) bond motifs is 2. The minimum Gasteiger partial charge on any atom is -0.329 e. The number of quaternary nitrogens is 1. The molecule has 20 heavy (non-hydrogen) atoms. The third-order valence-corrected chi connectivity index (χ3v) is 6.55. The monoisotopic (exact) mass is 291 g/mol. The summed E-state index contributed by atoms with van der Waals surface area (Å²) in [6.07, 6.45) is 5.90. The van der Waals surface area contributed by atoms with Gasteiger partial charge in [0, 0.05) is 12.3 Å². The van der Waals surface area contributed by atoms with Gasteiger partial charge < -0.3 is 9.80 Å². The first-order valence-corrected chi connectivity index (χ1v) is 8.86. The van der Waals surface area contributed by atoms with Crippen LogP contribution in [0.3, 0.4) is 0 Å². The Morgan fingerprint density at radius 2 is 2.10 bits per heavy atom. The van der Waals surface area contributed by atoms with Gasteiger partial charge in [0.15, 0.2) is 0 Å². The van der Waals surface area contributed by atoms with Crippen molar-refractivity contribution in [2.45, 2.75) is 31.7 Å². The largest absolute Gasteiger partial charge is 0.329 e. The van der Waals surface area contributed by atoms with Gasteiger partial charge in [0.1, 0.15) is 0 Å². The standard InChI is InChI=1S/C16H22N2OS/c19-16(15-2-1-9-20-15)18-7-5-17(6-8-18)14-11-12-3-4-13(14)10-12/h1-2,9,12-14H,3-8,10-11H2/p+1/t12-,13+,14-/m0/s1. The van der Waals surface area contributed by atoms with E-state index < -0.39 is 0 Å². The lowest BCUT2D eigenvalue weighted by Gasteiger charge is -2.38. The third kappa shape index (κ3) is 2.19. The lowest BCUT2D eigenvalue weighted by Crippen LogP contribution is -3.18. The summed E-state index contributed by atoms with van der Waals surface area (Å²) in [7, 11) is 0. The smallest absolute Gasteiger partial charge is 0.264 e. The first kappa shape index (κ1) is 12.8. The Labute approximate surface area is 124 Å². The average molecular weight is 291 g/mol. The maximum Gasteiger partial charge on any atom is 0.264 e.